The largest absolute Gasteiger partial charge is 0.495 e. The predicted octanol–water partition coefficient (Wildman–Crippen LogP) is 3.36. The molecule has 0 aliphatic rings. The fraction of sp³-hybridized carbons (Fsp3) is 0.200. The molecular weight excluding hydrogens is 290 g/mol. The van der Waals surface area contributed by atoms with E-state index in [0.29, 0.717) is 0 Å². The molecule has 16 heavy (non-hydrogen) atoms. The van der Waals surface area contributed by atoms with Crippen LogP contribution in [0.3, 0.4) is 0 Å². The third-order valence-corrected chi connectivity index (χ3v) is 3.27. The molecule has 4 nitrogen and oxygen atoms in total. The molecule has 1 heterocycles. The molecule has 2 aromatic rings. The molecule has 0 aliphatic heterocycles. The van der Waals surface area contributed by atoms with Gasteiger partial charge in [0.2, 0.25) is 5.13 Å². The molecule has 0 bridgehead atoms. The zero-order valence-electron chi connectivity index (χ0n) is 8.82. The van der Waals surface area contributed by atoms with Gasteiger partial charge in [0.15, 0.2) is 3.92 Å². The third kappa shape index (κ3) is 2.51. The maximum Gasteiger partial charge on any atom is 0.211 e. The normalized spacial score (nSPS) is 10.2. The Kier molecular flexibility index (Phi) is 3.40. The molecule has 0 unspecified atom stereocenters. The van der Waals surface area contributed by atoms with Crippen LogP contribution in [0, 0.1) is 6.92 Å². The lowest BCUT2D eigenvalue weighted by atomic mass is 10.2. The Balaban J connectivity index is 2.29. The zero-order valence-corrected chi connectivity index (χ0v) is 11.2. The number of hydrogen-bond donors (Lipinski definition) is 1. The summed E-state index contributed by atoms with van der Waals surface area (Å²) in [6.45, 7) is 2.03. The summed E-state index contributed by atoms with van der Waals surface area (Å²) in [5.74, 6) is 0.789. The van der Waals surface area contributed by atoms with Gasteiger partial charge in [-0.25, -0.2) is 0 Å². The van der Waals surface area contributed by atoms with Crippen molar-refractivity contribution in [1.29, 1.82) is 0 Å². The summed E-state index contributed by atoms with van der Waals surface area (Å²) < 4.78 is 6.01. The van der Waals surface area contributed by atoms with E-state index in [-0.39, 0.29) is 0 Å². The van der Waals surface area contributed by atoms with Crippen molar-refractivity contribution in [3.05, 3.63) is 27.7 Å². The van der Waals surface area contributed by atoms with Gasteiger partial charge in [0.1, 0.15) is 5.75 Å². The molecule has 0 saturated carbocycles. The highest BCUT2D eigenvalue weighted by molar-refractivity contribution is 9.11. The maximum absolute atomic E-state index is 5.26. The van der Waals surface area contributed by atoms with Crippen molar-refractivity contribution < 1.29 is 4.74 Å². The van der Waals surface area contributed by atoms with Crippen LogP contribution in [0.4, 0.5) is 10.8 Å². The molecule has 0 saturated heterocycles. The third-order valence-electron chi connectivity index (χ3n) is 2.00. The Labute approximate surface area is 106 Å². The highest BCUT2D eigenvalue weighted by Gasteiger charge is 2.06. The van der Waals surface area contributed by atoms with Gasteiger partial charge in [0, 0.05) is 0 Å². The first-order valence-electron chi connectivity index (χ1n) is 4.59. The Morgan fingerprint density at radius 2 is 2.19 bits per heavy atom. The van der Waals surface area contributed by atoms with Gasteiger partial charge in [-0.2, -0.15) is 0 Å². The van der Waals surface area contributed by atoms with Crippen molar-refractivity contribution in [3.8, 4) is 5.75 Å². The highest BCUT2D eigenvalue weighted by Crippen LogP contribution is 2.30. The number of rotatable bonds is 3. The fourth-order valence-electron chi connectivity index (χ4n) is 1.29. The molecule has 0 fully saturated rings. The van der Waals surface area contributed by atoms with E-state index in [4.69, 9.17) is 4.74 Å². The van der Waals surface area contributed by atoms with E-state index in [1.807, 2.05) is 25.1 Å². The van der Waals surface area contributed by atoms with Gasteiger partial charge in [0.05, 0.1) is 12.8 Å². The van der Waals surface area contributed by atoms with Gasteiger partial charge >= 0.3 is 0 Å². The van der Waals surface area contributed by atoms with Crippen LogP contribution in [-0.2, 0) is 0 Å². The number of aromatic nitrogens is 2. The fourth-order valence-corrected chi connectivity index (χ4v) is 2.31. The first-order chi connectivity index (χ1) is 7.69. The van der Waals surface area contributed by atoms with Crippen molar-refractivity contribution in [1.82, 2.24) is 10.2 Å². The lowest BCUT2D eigenvalue weighted by molar-refractivity contribution is 0.416. The van der Waals surface area contributed by atoms with E-state index in [1.165, 1.54) is 11.3 Å². The molecule has 84 valence electrons. The first-order valence-corrected chi connectivity index (χ1v) is 6.20. The van der Waals surface area contributed by atoms with Gasteiger partial charge in [-0.1, -0.05) is 17.4 Å². The van der Waals surface area contributed by atoms with E-state index < -0.39 is 0 Å². The molecule has 0 radical (unpaired) electrons. The van der Waals surface area contributed by atoms with Crippen LogP contribution in [0.15, 0.2) is 22.1 Å². The molecular formula is C10H10BrN3OS. The van der Waals surface area contributed by atoms with E-state index in [1.54, 1.807) is 7.11 Å². The van der Waals surface area contributed by atoms with E-state index in [9.17, 15) is 0 Å². The SMILES string of the molecule is COc1ccc(C)cc1Nc1nnc(Br)s1. The average Bonchev–Trinajstić information content (AvgIpc) is 2.64. The van der Waals surface area contributed by atoms with E-state index >= 15 is 0 Å². The standard InChI is InChI=1S/C10H10BrN3OS/c1-6-3-4-8(15-2)7(5-6)12-10-14-13-9(11)16-10/h3-5H,1-2H3,(H,12,14). The van der Waals surface area contributed by atoms with Gasteiger partial charge in [-0.15, -0.1) is 10.2 Å². The Morgan fingerprint density at radius 1 is 1.38 bits per heavy atom. The second-order valence-corrected chi connectivity index (χ2v) is 5.44. The van der Waals surface area contributed by atoms with Crippen LogP contribution in [0.25, 0.3) is 0 Å². The number of hydrogen-bond acceptors (Lipinski definition) is 5. The van der Waals surface area contributed by atoms with Crippen LogP contribution in [-0.4, -0.2) is 17.3 Å². The van der Waals surface area contributed by atoms with Crippen molar-refractivity contribution in [2.75, 3.05) is 12.4 Å². The quantitative estimate of drug-likeness (QED) is 0.944. The second kappa shape index (κ2) is 4.80. The average molecular weight is 300 g/mol. The van der Waals surface area contributed by atoms with E-state index in [0.717, 1.165) is 26.0 Å². The molecule has 1 N–H and O–H groups in total. The lowest BCUT2D eigenvalue weighted by Crippen LogP contribution is -1.94. The summed E-state index contributed by atoms with van der Waals surface area (Å²) in [5.41, 5.74) is 2.05. The molecule has 6 heteroatoms. The van der Waals surface area contributed by atoms with Gasteiger partial charge in [-0.3, -0.25) is 0 Å². The number of halogens is 1. The van der Waals surface area contributed by atoms with Gasteiger partial charge in [-0.05, 0) is 40.5 Å². The summed E-state index contributed by atoms with van der Waals surface area (Å²) in [7, 11) is 1.64. The summed E-state index contributed by atoms with van der Waals surface area (Å²) in [4.78, 5) is 0. The van der Waals surface area contributed by atoms with Crippen LogP contribution >= 0.6 is 27.3 Å². The van der Waals surface area contributed by atoms with Crippen LogP contribution < -0.4 is 10.1 Å². The van der Waals surface area contributed by atoms with Crippen LogP contribution in [0.5, 0.6) is 5.75 Å². The minimum Gasteiger partial charge on any atom is -0.495 e. The summed E-state index contributed by atoms with van der Waals surface area (Å²) >= 11 is 4.70. The molecule has 0 spiro atoms. The highest BCUT2D eigenvalue weighted by atomic mass is 79.9. The Morgan fingerprint density at radius 3 is 2.81 bits per heavy atom. The summed E-state index contributed by atoms with van der Waals surface area (Å²) in [6.07, 6.45) is 0. The van der Waals surface area contributed by atoms with Crippen molar-refractivity contribution >= 4 is 38.1 Å². The first kappa shape index (κ1) is 11.3. The van der Waals surface area contributed by atoms with Gasteiger partial charge in [0.25, 0.3) is 0 Å². The van der Waals surface area contributed by atoms with Crippen molar-refractivity contribution in [2.24, 2.45) is 0 Å². The molecule has 0 atom stereocenters. The summed E-state index contributed by atoms with van der Waals surface area (Å²) in [6, 6.07) is 5.93. The molecule has 0 amide bonds. The molecule has 1 aromatic heterocycles. The van der Waals surface area contributed by atoms with E-state index in [2.05, 4.69) is 31.4 Å². The second-order valence-electron chi connectivity index (χ2n) is 3.19. The number of methoxy groups -OCH3 is 1. The number of benzene rings is 1. The number of nitrogens with one attached hydrogen (secondary N) is 1. The number of nitrogens with zero attached hydrogens (tertiary/aromatic N) is 2. The van der Waals surface area contributed by atoms with Crippen LogP contribution in [0.2, 0.25) is 0 Å². The van der Waals surface area contributed by atoms with Crippen molar-refractivity contribution in [3.63, 3.8) is 0 Å². The zero-order chi connectivity index (χ0) is 11.5. The minimum atomic E-state index is 0.732. The number of ether oxygens (including phenoxy) is 1. The Bertz CT molecular complexity index is 501. The molecule has 2 rings (SSSR count). The smallest absolute Gasteiger partial charge is 0.211 e. The van der Waals surface area contributed by atoms with Crippen LogP contribution in [0.1, 0.15) is 5.56 Å². The number of aryl methyl sites for hydroxylation is 1. The minimum absolute atomic E-state index is 0.732. The van der Waals surface area contributed by atoms with Gasteiger partial charge < -0.3 is 10.1 Å². The monoisotopic (exact) mass is 299 g/mol. The topological polar surface area (TPSA) is 47.0 Å². The predicted molar refractivity (Wildman–Crippen MR) is 68.6 cm³/mol. The number of anilines is 2. The lowest BCUT2D eigenvalue weighted by Gasteiger charge is -2.09. The molecule has 0 aliphatic carbocycles. The van der Waals surface area contributed by atoms with Crippen molar-refractivity contribution in [2.45, 2.75) is 6.92 Å². The summed E-state index contributed by atoms with van der Waals surface area (Å²) in [5, 5.41) is 11.8. The maximum atomic E-state index is 5.26. The molecule has 1 aromatic carbocycles. The Hall–Kier alpha value is -1.14.